The smallest absolute Gasteiger partial charge is 0.328 e. The average molecular weight is 295 g/mol. The summed E-state index contributed by atoms with van der Waals surface area (Å²) in [5.74, 6) is -1.53. The largest absolute Gasteiger partial charge is 0.480 e. The normalized spacial score (nSPS) is 18.3. The Bertz CT molecular complexity index is 582. The van der Waals surface area contributed by atoms with Crippen molar-refractivity contribution in [3.05, 3.63) is 17.5 Å². The highest BCUT2D eigenvalue weighted by Crippen LogP contribution is 2.07. The first kappa shape index (κ1) is 14.8. The molecule has 0 saturated carbocycles. The maximum absolute atomic E-state index is 12.1. The summed E-state index contributed by atoms with van der Waals surface area (Å²) in [6, 6.07) is -1.64. The van der Waals surface area contributed by atoms with Crippen LogP contribution in [0.25, 0.3) is 0 Å². The molecule has 2 rings (SSSR count). The van der Waals surface area contributed by atoms with Crippen molar-refractivity contribution in [3.63, 3.8) is 0 Å². The molecule has 1 atom stereocenters. The molecular formula is C12H17N5O4. The number of nitrogens with one attached hydrogen (secondary N) is 2. The van der Waals surface area contributed by atoms with Crippen LogP contribution in [0.1, 0.15) is 11.3 Å². The zero-order chi connectivity index (χ0) is 15.6. The fourth-order valence-corrected chi connectivity index (χ4v) is 2.17. The van der Waals surface area contributed by atoms with Crippen molar-refractivity contribution in [3.8, 4) is 0 Å². The Hall–Kier alpha value is -2.58. The lowest BCUT2D eigenvalue weighted by molar-refractivity contribution is -0.144. The van der Waals surface area contributed by atoms with Crippen molar-refractivity contribution in [2.24, 2.45) is 7.05 Å². The molecule has 1 unspecified atom stereocenters. The second kappa shape index (κ2) is 5.81. The zero-order valence-electron chi connectivity index (χ0n) is 11.8. The third kappa shape index (κ3) is 3.30. The second-order valence-corrected chi connectivity index (χ2v) is 4.86. The number of hydrogen-bond donors (Lipinski definition) is 3. The molecule has 9 heteroatoms. The van der Waals surface area contributed by atoms with E-state index in [1.807, 2.05) is 6.92 Å². The predicted molar refractivity (Wildman–Crippen MR) is 71.3 cm³/mol. The van der Waals surface area contributed by atoms with Crippen LogP contribution < -0.4 is 10.6 Å². The number of aliphatic carboxylic acids is 1. The maximum Gasteiger partial charge on any atom is 0.328 e. The van der Waals surface area contributed by atoms with Crippen LogP contribution in [-0.4, -0.2) is 56.8 Å². The Morgan fingerprint density at radius 3 is 2.86 bits per heavy atom. The van der Waals surface area contributed by atoms with E-state index in [1.54, 1.807) is 17.9 Å². The lowest BCUT2D eigenvalue weighted by atomic mass is 10.2. The van der Waals surface area contributed by atoms with Crippen LogP contribution in [0.5, 0.6) is 0 Å². The summed E-state index contributed by atoms with van der Waals surface area (Å²) >= 11 is 0. The minimum Gasteiger partial charge on any atom is -0.480 e. The molecule has 3 amide bonds. The highest BCUT2D eigenvalue weighted by Gasteiger charge is 2.35. The van der Waals surface area contributed by atoms with E-state index in [9.17, 15) is 14.4 Å². The SMILES string of the molecule is Cc1nn(C)cc1CNC(=O)N1CC(=O)NCC1C(=O)O. The average Bonchev–Trinajstić information content (AvgIpc) is 2.73. The first-order valence-corrected chi connectivity index (χ1v) is 6.41. The number of carbonyl (C=O) groups excluding carboxylic acids is 2. The van der Waals surface area contributed by atoms with E-state index in [0.717, 1.165) is 16.2 Å². The topological polar surface area (TPSA) is 117 Å². The predicted octanol–water partition coefficient (Wildman–Crippen LogP) is -1.18. The van der Waals surface area contributed by atoms with Crippen molar-refractivity contribution in [1.29, 1.82) is 0 Å². The number of carbonyl (C=O) groups is 3. The molecule has 1 fully saturated rings. The van der Waals surface area contributed by atoms with Gasteiger partial charge in [0.1, 0.15) is 12.6 Å². The fourth-order valence-electron chi connectivity index (χ4n) is 2.17. The minimum atomic E-state index is -1.15. The lowest BCUT2D eigenvalue weighted by Crippen LogP contribution is -2.61. The Morgan fingerprint density at radius 2 is 2.29 bits per heavy atom. The van der Waals surface area contributed by atoms with E-state index in [0.29, 0.717) is 0 Å². The Balaban J connectivity index is 2.02. The quantitative estimate of drug-likeness (QED) is 0.649. The molecule has 3 N–H and O–H groups in total. The standard InChI is InChI=1S/C12H17N5O4/c1-7-8(5-16(2)15-7)3-14-12(21)17-6-10(18)13-4-9(17)11(19)20/h5,9H,3-4,6H2,1-2H3,(H,13,18)(H,14,21)(H,19,20). The third-order valence-electron chi connectivity index (χ3n) is 3.27. The summed E-state index contributed by atoms with van der Waals surface area (Å²) in [6.07, 6.45) is 1.77. The number of aromatic nitrogens is 2. The molecule has 0 aromatic carbocycles. The number of nitrogens with zero attached hydrogens (tertiary/aromatic N) is 3. The maximum atomic E-state index is 12.1. The van der Waals surface area contributed by atoms with Gasteiger partial charge in [0.15, 0.2) is 0 Å². The van der Waals surface area contributed by atoms with Gasteiger partial charge in [0.2, 0.25) is 5.91 Å². The van der Waals surface area contributed by atoms with Gasteiger partial charge in [0.05, 0.1) is 5.69 Å². The van der Waals surface area contributed by atoms with Crippen LogP contribution >= 0.6 is 0 Å². The van der Waals surface area contributed by atoms with Crippen LogP contribution in [0.4, 0.5) is 4.79 Å². The van der Waals surface area contributed by atoms with Crippen LogP contribution in [0.3, 0.4) is 0 Å². The summed E-state index contributed by atoms with van der Waals surface area (Å²) in [6.45, 7) is 1.68. The van der Waals surface area contributed by atoms with Gasteiger partial charge in [-0.3, -0.25) is 14.4 Å². The summed E-state index contributed by atoms with van der Waals surface area (Å²) in [7, 11) is 1.77. The van der Waals surface area contributed by atoms with Gasteiger partial charge in [-0.05, 0) is 6.92 Å². The van der Waals surface area contributed by atoms with Crippen molar-refractivity contribution in [1.82, 2.24) is 25.3 Å². The number of piperazine rings is 1. The number of hydrogen-bond acceptors (Lipinski definition) is 4. The van der Waals surface area contributed by atoms with Gasteiger partial charge in [-0.1, -0.05) is 0 Å². The number of carboxylic acids is 1. The van der Waals surface area contributed by atoms with Crippen molar-refractivity contribution < 1.29 is 19.5 Å². The van der Waals surface area contributed by atoms with E-state index in [-0.39, 0.29) is 25.5 Å². The van der Waals surface area contributed by atoms with Gasteiger partial charge in [-0.15, -0.1) is 0 Å². The monoisotopic (exact) mass is 295 g/mol. The van der Waals surface area contributed by atoms with Gasteiger partial charge >= 0.3 is 12.0 Å². The first-order valence-electron chi connectivity index (χ1n) is 6.41. The fraction of sp³-hybridized carbons (Fsp3) is 0.500. The van der Waals surface area contributed by atoms with Crippen LogP contribution in [0.2, 0.25) is 0 Å². The van der Waals surface area contributed by atoms with Gasteiger partial charge in [-0.25, -0.2) is 9.59 Å². The van der Waals surface area contributed by atoms with Gasteiger partial charge < -0.3 is 15.7 Å². The summed E-state index contributed by atoms with van der Waals surface area (Å²) in [5.41, 5.74) is 1.61. The number of aryl methyl sites for hydroxylation is 2. The van der Waals surface area contributed by atoms with Crippen LogP contribution in [-0.2, 0) is 23.2 Å². The number of rotatable bonds is 3. The molecule has 1 saturated heterocycles. The molecular weight excluding hydrogens is 278 g/mol. The van der Waals surface area contributed by atoms with E-state index >= 15 is 0 Å². The Morgan fingerprint density at radius 1 is 1.57 bits per heavy atom. The molecule has 2 heterocycles. The van der Waals surface area contributed by atoms with E-state index < -0.39 is 18.0 Å². The molecule has 9 nitrogen and oxygen atoms in total. The van der Waals surface area contributed by atoms with E-state index in [4.69, 9.17) is 5.11 Å². The Kier molecular flexibility index (Phi) is 4.10. The minimum absolute atomic E-state index is 0.0898. The summed E-state index contributed by atoms with van der Waals surface area (Å²) < 4.78 is 1.63. The molecule has 0 aliphatic carbocycles. The molecule has 0 bridgehead atoms. The summed E-state index contributed by atoms with van der Waals surface area (Å²) in [5, 5.41) is 18.3. The van der Waals surface area contributed by atoms with Gasteiger partial charge in [0.25, 0.3) is 0 Å². The molecule has 1 aliphatic rings. The second-order valence-electron chi connectivity index (χ2n) is 4.86. The zero-order valence-corrected chi connectivity index (χ0v) is 11.8. The van der Waals surface area contributed by atoms with Crippen LogP contribution in [0, 0.1) is 6.92 Å². The summed E-state index contributed by atoms with van der Waals surface area (Å²) in [4.78, 5) is 35.6. The lowest BCUT2D eigenvalue weighted by Gasteiger charge is -2.32. The third-order valence-corrected chi connectivity index (χ3v) is 3.27. The Labute approximate surface area is 120 Å². The number of amides is 3. The molecule has 1 aliphatic heterocycles. The molecule has 1 aromatic rings. The molecule has 21 heavy (non-hydrogen) atoms. The number of carboxylic acid groups (broad SMARTS) is 1. The first-order chi connectivity index (χ1) is 9.88. The van der Waals surface area contributed by atoms with E-state index in [2.05, 4.69) is 15.7 Å². The molecule has 1 aromatic heterocycles. The van der Waals surface area contributed by atoms with Crippen molar-refractivity contribution >= 4 is 17.9 Å². The van der Waals surface area contributed by atoms with Crippen LogP contribution in [0.15, 0.2) is 6.20 Å². The molecule has 114 valence electrons. The number of urea groups is 1. The molecule has 0 radical (unpaired) electrons. The van der Waals surface area contributed by atoms with Crippen molar-refractivity contribution in [2.45, 2.75) is 19.5 Å². The van der Waals surface area contributed by atoms with Crippen molar-refractivity contribution in [2.75, 3.05) is 13.1 Å². The van der Waals surface area contributed by atoms with E-state index in [1.165, 1.54) is 0 Å². The van der Waals surface area contributed by atoms with Gasteiger partial charge in [0, 0.05) is 31.9 Å². The molecule has 0 spiro atoms. The highest BCUT2D eigenvalue weighted by atomic mass is 16.4. The highest BCUT2D eigenvalue weighted by molar-refractivity contribution is 5.90. The van der Waals surface area contributed by atoms with Gasteiger partial charge in [-0.2, -0.15) is 5.10 Å².